The second-order valence-electron chi connectivity index (χ2n) is 8.87. The van der Waals surface area contributed by atoms with Crippen molar-refractivity contribution < 1.29 is 24.0 Å². The van der Waals surface area contributed by atoms with E-state index in [1.54, 1.807) is 11.7 Å². The first-order valence-electron chi connectivity index (χ1n) is 11.0. The van der Waals surface area contributed by atoms with E-state index >= 15 is 0 Å². The van der Waals surface area contributed by atoms with Gasteiger partial charge in [-0.3, -0.25) is 15.0 Å². The fourth-order valence-electron chi connectivity index (χ4n) is 4.66. The Morgan fingerprint density at radius 3 is 2.64 bits per heavy atom. The molecular weight excluding hydrogens is 420 g/mol. The molecule has 0 radical (unpaired) electrons. The normalized spacial score (nSPS) is 22.6. The minimum Gasteiger partial charge on any atom is -0.489 e. The molecule has 1 saturated heterocycles. The van der Waals surface area contributed by atoms with Crippen molar-refractivity contribution in [1.29, 1.82) is 0 Å². The van der Waals surface area contributed by atoms with Crippen molar-refractivity contribution in [1.82, 2.24) is 10.5 Å². The van der Waals surface area contributed by atoms with E-state index in [2.05, 4.69) is 4.98 Å². The molecule has 8 heteroatoms. The van der Waals surface area contributed by atoms with E-state index < -0.39 is 11.4 Å². The van der Waals surface area contributed by atoms with Crippen molar-refractivity contribution in [2.75, 3.05) is 13.1 Å². The van der Waals surface area contributed by atoms with Crippen molar-refractivity contribution in [2.45, 2.75) is 38.5 Å². The van der Waals surface area contributed by atoms with Crippen LogP contribution in [0, 0.1) is 0 Å². The van der Waals surface area contributed by atoms with Gasteiger partial charge >= 0.3 is 5.91 Å². The van der Waals surface area contributed by atoms with Crippen LogP contribution in [0.3, 0.4) is 0 Å². The number of rotatable bonds is 7. The molecule has 172 valence electrons. The molecule has 8 nitrogen and oxygen atoms in total. The number of carbonyl (C=O) groups is 2. The molecule has 4 rings (SSSR count). The number of hydroxylamine groups is 1. The second kappa shape index (κ2) is 8.90. The van der Waals surface area contributed by atoms with Crippen molar-refractivity contribution in [3.05, 3.63) is 71.9 Å². The molecule has 2 amide bonds. The molecule has 1 fully saturated rings. The summed E-state index contributed by atoms with van der Waals surface area (Å²) in [5.74, 6) is -0.162. The van der Waals surface area contributed by atoms with Gasteiger partial charge in [-0.25, -0.2) is 14.8 Å². The molecule has 1 unspecified atom stereocenters. The number of hydrogen-bond acceptors (Lipinski definition) is 6. The van der Waals surface area contributed by atoms with Crippen LogP contribution in [0.5, 0.6) is 5.75 Å². The van der Waals surface area contributed by atoms with E-state index in [0.29, 0.717) is 30.9 Å². The van der Waals surface area contributed by atoms with Crippen LogP contribution in [0.25, 0.3) is 10.9 Å². The molecule has 1 aliphatic heterocycles. The predicted octanol–water partition coefficient (Wildman–Crippen LogP) is 2.63. The summed E-state index contributed by atoms with van der Waals surface area (Å²) in [6.45, 7) is 4.43. The van der Waals surface area contributed by atoms with E-state index in [0.717, 1.165) is 16.5 Å². The summed E-state index contributed by atoms with van der Waals surface area (Å²) < 4.78 is 5.88. The highest BCUT2D eigenvalue weighted by Crippen LogP contribution is 2.38. The van der Waals surface area contributed by atoms with Crippen LogP contribution in [-0.4, -0.2) is 45.6 Å². The Morgan fingerprint density at radius 1 is 1.21 bits per heavy atom. The summed E-state index contributed by atoms with van der Waals surface area (Å²) in [7, 11) is 0. The third kappa shape index (κ3) is 4.08. The number of ether oxygens (including phenoxy) is 1. The number of likely N-dealkylation sites (tertiary alicyclic amines) is 1. The van der Waals surface area contributed by atoms with Gasteiger partial charge in [0.15, 0.2) is 12.1 Å². The third-order valence-electron chi connectivity index (χ3n) is 6.73. The van der Waals surface area contributed by atoms with Crippen molar-refractivity contribution in [2.24, 2.45) is 5.73 Å². The Balaban J connectivity index is 1.52. The van der Waals surface area contributed by atoms with Crippen LogP contribution in [0.15, 0.2) is 60.8 Å². The van der Waals surface area contributed by atoms with E-state index in [1.165, 1.54) is 0 Å². The number of nitrogens with zero attached hydrogens (tertiary/aromatic N) is 2. The lowest BCUT2D eigenvalue weighted by Gasteiger charge is -2.36. The molecule has 2 heterocycles. The standard InChI is InChI=1S/C25H28N4O4/c1-17(2)29(15-23(30)28-32)14-12-25(26,24(29)31)19-7-9-20(10-8-19)33-16-18-11-13-27-22-6-4-3-5-21(18)22/h3-11,13,17H,12,14-16,26H2,1-2H3,(H-,28,30,32)/p+1/t25?,29-/m1/s1. The van der Waals surface area contributed by atoms with Gasteiger partial charge in [0, 0.05) is 23.6 Å². The highest BCUT2D eigenvalue weighted by Gasteiger charge is 2.59. The van der Waals surface area contributed by atoms with E-state index in [4.69, 9.17) is 15.7 Å². The lowest BCUT2D eigenvalue weighted by Crippen LogP contribution is -2.62. The lowest BCUT2D eigenvalue weighted by atomic mass is 9.89. The van der Waals surface area contributed by atoms with Crippen molar-refractivity contribution in [3.8, 4) is 5.75 Å². The molecule has 33 heavy (non-hydrogen) atoms. The molecule has 0 spiro atoms. The largest absolute Gasteiger partial charge is 0.489 e. The number of nitrogens with one attached hydrogen (secondary N) is 1. The topological polar surface area (TPSA) is 115 Å². The number of nitrogens with two attached hydrogens (primary N) is 1. The van der Waals surface area contributed by atoms with E-state index in [9.17, 15) is 9.59 Å². The zero-order chi connectivity index (χ0) is 23.6. The first-order chi connectivity index (χ1) is 15.8. The number of fused-ring (bicyclic) bond motifs is 1. The van der Waals surface area contributed by atoms with Crippen LogP contribution in [0.4, 0.5) is 0 Å². The van der Waals surface area contributed by atoms with Crippen LogP contribution in [-0.2, 0) is 21.7 Å². The quantitative estimate of drug-likeness (QED) is 0.290. The molecule has 0 bridgehead atoms. The maximum absolute atomic E-state index is 13.5. The molecule has 3 aromatic rings. The molecule has 0 saturated carbocycles. The smallest absolute Gasteiger partial charge is 0.339 e. The zero-order valence-corrected chi connectivity index (χ0v) is 18.8. The number of aromatic nitrogens is 1. The second-order valence-corrected chi connectivity index (χ2v) is 8.87. The predicted molar refractivity (Wildman–Crippen MR) is 123 cm³/mol. The van der Waals surface area contributed by atoms with Gasteiger partial charge < -0.3 is 10.5 Å². The summed E-state index contributed by atoms with van der Waals surface area (Å²) in [5.41, 5.74) is 9.68. The maximum Gasteiger partial charge on any atom is 0.339 e. The average Bonchev–Trinajstić information content (AvgIpc) is 3.10. The third-order valence-corrected chi connectivity index (χ3v) is 6.73. The molecule has 0 aliphatic carbocycles. The van der Waals surface area contributed by atoms with E-state index in [1.807, 2.05) is 68.4 Å². The highest BCUT2D eigenvalue weighted by molar-refractivity contribution is 5.87. The minimum atomic E-state index is -1.21. The van der Waals surface area contributed by atoms with Crippen LogP contribution in [0.1, 0.15) is 31.4 Å². The molecule has 4 N–H and O–H groups in total. The van der Waals surface area contributed by atoms with Crippen LogP contribution >= 0.6 is 0 Å². The number of quaternary nitrogens is 1. The SMILES string of the molecule is CC(C)[N@+]1(CC(=O)NO)CCC(N)(c2ccc(OCc3ccnc4ccccc34)cc2)C1=O. The average molecular weight is 450 g/mol. The first kappa shape index (κ1) is 22.8. The number of pyridine rings is 1. The monoisotopic (exact) mass is 449 g/mol. The summed E-state index contributed by atoms with van der Waals surface area (Å²) >= 11 is 0. The first-order valence-corrected chi connectivity index (χ1v) is 11.0. The summed E-state index contributed by atoms with van der Waals surface area (Å²) in [6, 6.07) is 16.9. The Labute approximate surface area is 192 Å². The number of amides is 2. The van der Waals surface area contributed by atoms with Crippen molar-refractivity contribution >= 4 is 22.7 Å². The van der Waals surface area contributed by atoms with Crippen molar-refractivity contribution in [3.63, 3.8) is 0 Å². The molecule has 2 aromatic carbocycles. The van der Waals surface area contributed by atoms with Gasteiger partial charge in [-0.1, -0.05) is 30.3 Å². The maximum atomic E-state index is 13.5. The van der Waals surface area contributed by atoms with Crippen LogP contribution in [0.2, 0.25) is 0 Å². The van der Waals surface area contributed by atoms with Gasteiger partial charge in [-0.2, -0.15) is 0 Å². The molecule has 1 aromatic heterocycles. The number of benzene rings is 2. The summed E-state index contributed by atoms with van der Waals surface area (Å²) in [6.07, 6.45) is 2.18. The highest BCUT2D eigenvalue weighted by atomic mass is 16.5. The molecular formula is C25H29N4O4+. The van der Waals surface area contributed by atoms with Gasteiger partial charge in [0.25, 0.3) is 5.91 Å². The fraction of sp³-hybridized carbons (Fsp3) is 0.320. The zero-order valence-electron chi connectivity index (χ0n) is 18.8. The van der Waals surface area contributed by atoms with Gasteiger partial charge in [-0.05, 0) is 43.7 Å². The van der Waals surface area contributed by atoms with Gasteiger partial charge in [0.05, 0.1) is 18.1 Å². The van der Waals surface area contributed by atoms with Gasteiger partial charge in [-0.15, -0.1) is 0 Å². The summed E-state index contributed by atoms with van der Waals surface area (Å²) in [5, 5.41) is 10.0. The Hall–Kier alpha value is -3.33. The number of carbonyl (C=O) groups excluding carboxylic acids is 2. The Bertz CT molecular complexity index is 1180. The molecule has 2 atom stereocenters. The summed E-state index contributed by atoms with van der Waals surface area (Å²) in [4.78, 5) is 29.8. The van der Waals surface area contributed by atoms with Gasteiger partial charge in [0.1, 0.15) is 12.4 Å². The Morgan fingerprint density at radius 2 is 1.94 bits per heavy atom. The Kier molecular flexibility index (Phi) is 6.16. The van der Waals surface area contributed by atoms with Gasteiger partial charge in [0.2, 0.25) is 0 Å². The molecule has 1 aliphatic rings. The van der Waals surface area contributed by atoms with E-state index in [-0.39, 0.29) is 23.0 Å². The lowest BCUT2D eigenvalue weighted by molar-refractivity contribution is -0.860. The fourth-order valence-corrected chi connectivity index (χ4v) is 4.66. The minimum absolute atomic E-state index is 0.101. The number of hydrogen-bond donors (Lipinski definition) is 3. The van der Waals surface area contributed by atoms with Crippen LogP contribution < -0.4 is 16.0 Å². The number of para-hydroxylation sites is 1.